The summed E-state index contributed by atoms with van der Waals surface area (Å²) in [6.07, 6.45) is 1.10. The third kappa shape index (κ3) is 6.80. The number of aromatic nitrogens is 1. The molecule has 0 saturated carbocycles. The predicted octanol–water partition coefficient (Wildman–Crippen LogP) is 3.71. The third-order valence-corrected chi connectivity index (χ3v) is 3.43. The van der Waals surface area contributed by atoms with E-state index in [9.17, 15) is 9.59 Å². The van der Waals surface area contributed by atoms with Gasteiger partial charge in [0.1, 0.15) is 5.75 Å². The van der Waals surface area contributed by atoms with Crippen LogP contribution in [0.2, 0.25) is 0 Å². The minimum Gasteiger partial charge on any atom is -0.450 e. The van der Waals surface area contributed by atoms with Crippen LogP contribution in [0, 0.1) is 0 Å². The highest BCUT2D eigenvalue weighted by Gasteiger charge is 2.06. The molecule has 132 valence electrons. The number of pyridine rings is 1. The van der Waals surface area contributed by atoms with Gasteiger partial charge in [0.05, 0.1) is 18.5 Å². The van der Waals surface area contributed by atoms with Gasteiger partial charge < -0.3 is 20.1 Å². The van der Waals surface area contributed by atoms with Gasteiger partial charge in [-0.25, -0.2) is 9.78 Å². The molecule has 0 aliphatic rings. The molecule has 1 heterocycles. The van der Waals surface area contributed by atoms with E-state index in [1.807, 2.05) is 24.3 Å². The lowest BCUT2D eigenvalue weighted by molar-refractivity contribution is -0.116. The molecule has 25 heavy (non-hydrogen) atoms. The Balaban J connectivity index is 1.79. The SMILES string of the molecule is CCOC(=O)NCCC(=O)Nc1ccc(Oc2cccc(Br)c2)nc1. The number of rotatable bonds is 7. The quantitative estimate of drug-likeness (QED) is 0.729. The number of amides is 2. The molecule has 0 radical (unpaired) electrons. The largest absolute Gasteiger partial charge is 0.450 e. The molecule has 1 aromatic heterocycles. The Morgan fingerprint density at radius 1 is 1.24 bits per heavy atom. The second-order valence-electron chi connectivity index (χ2n) is 4.89. The van der Waals surface area contributed by atoms with Gasteiger partial charge in [0.25, 0.3) is 0 Å². The molecule has 0 atom stereocenters. The summed E-state index contributed by atoms with van der Waals surface area (Å²) >= 11 is 3.37. The number of carbonyl (C=O) groups excluding carboxylic acids is 2. The number of nitrogens with zero attached hydrogens (tertiary/aromatic N) is 1. The average molecular weight is 408 g/mol. The Labute approximate surface area is 153 Å². The molecule has 8 heteroatoms. The lowest BCUT2D eigenvalue weighted by Crippen LogP contribution is -2.28. The van der Waals surface area contributed by atoms with Crippen LogP contribution < -0.4 is 15.4 Å². The minimum absolute atomic E-state index is 0.134. The maximum Gasteiger partial charge on any atom is 0.407 e. The van der Waals surface area contributed by atoms with Gasteiger partial charge >= 0.3 is 6.09 Å². The van der Waals surface area contributed by atoms with Crippen molar-refractivity contribution in [2.75, 3.05) is 18.5 Å². The number of ether oxygens (including phenoxy) is 2. The van der Waals surface area contributed by atoms with E-state index in [1.165, 1.54) is 6.20 Å². The van der Waals surface area contributed by atoms with Gasteiger partial charge in [-0.3, -0.25) is 4.79 Å². The number of hydrogen-bond donors (Lipinski definition) is 2. The molecule has 0 bridgehead atoms. The zero-order valence-corrected chi connectivity index (χ0v) is 15.2. The summed E-state index contributed by atoms with van der Waals surface area (Å²) in [6, 6.07) is 10.8. The second kappa shape index (κ2) is 9.63. The summed E-state index contributed by atoms with van der Waals surface area (Å²) < 4.78 is 11.2. The number of anilines is 1. The zero-order valence-electron chi connectivity index (χ0n) is 13.6. The molecule has 0 unspecified atom stereocenters. The Morgan fingerprint density at radius 2 is 2.08 bits per heavy atom. The summed E-state index contributed by atoms with van der Waals surface area (Å²) in [5.74, 6) is 0.836. The van der Waals surface area contributed by atoms with Gasteiger partial charge in [-0.05, 0) is 31.2 Å². The van der Waals surface area contributed by atoms with Crippen molar-refractivity contribution in [2.24, 2.45) is 0 Å². The molecular formula is C17H18BrN3O4. The fraction of sp³-hybridized carbons (Fsp3) is 0.235. The molecule has 0 aliphatic heterocycles. The van der Waals surface area contributed by atoms with Crippen LogP contribution >= 0.6 is 15.9 Å². The Hall–Kier alpha value is -2.61. The fourth-order valence-corrected chi connectivity index (χ4v) is 2.23. The summed E-state index contributed by atoms with van der Waals surface area (Å²) in [4.78, 5) is 27.0. The topological polar surface area (TPSA) is 89.5 Å². The van der Waals surface area contributed by atoms with Crippen molar-refractivity contribution in [1.82, 2.24) is 10.3 Å². The van der Waals surface area contributed by atoms with E-state index in [4.69, 9.17) is 9.47 Å². The summed E-state index contributed by atoms with van der Waals surface area (Å²) in [7, 11) is 0. The standard InChI is InChI=1S/C17H18BrN3O4/c1-2-24-17(23)19-9-8-15(22)21-13-6-7-16(20-11-13)25-14-5-3-4-12(18)10-14/h3-7,10-11H,2,8-9H2,1H3,(H,19,23)(H,21,22). The van der Waals surface area contributed by atoms with Crippen molar-refractivity contribution in [3.8, 4) is 11.6 Å². The van der Waals surface area contributed by atoms with Crippen LogP contribution in [0.1, 0.15) is 13.3 Å². The van der Waals surface area contributed by atoms with Crippen LogP contribution in [-0.2, 0) is 9.53 Å². The number of benzene rings is 1. The molecule has 1 aromatic carbocycles. The first-order valence-corrected chi connectivity index (χ1v) is 8.46. The van der Waals surface area contributed by atoms with Crippen LogP contribution in [-0.4, -0.2) is 30.1 Å². The molecule has 0 spiro atoms. The third-order valence-electron chi connectivity index (χ3n) is 2.94. The van der Waals surface area contributed by atoms with Gasteiger partial charge in [0, 0.05) is 23.5 Å². The lowest BCUT2D eigenvalue weighted by Gasteiger charge is -2.08. The first-order chi connectivity index (χ1) is 12.1. The molecule has 2 amide bonds. The van der Waals surface area contributed by atoms with E-state index in [1.54, 1.807) is 19.1 Å². The molecule has 0 saturated heterocycles. The van der Waals surface area contributed by atoms with E-state index >= 15 is 0 Å². The summed E-state index contributed by atoms with van der Waals surface area (Å²) in [5.41, 5.74) is 0.544. The fourth-order valence-electron chi connectivity index (χ4n) is 1.85. The summed E-state index contributed by atoms with van der Waals surface area (Å²) in [5, 5.41) is 5.17. The molecular weight excluding hydrogens is 390 g/mol. The smallest absolute Gasteiger partial charge is 0.407 e. The second-order valence-corrected chi connectivity index (χ2v) is 5.81. The highest BCUT2D eigenvalue weighted by molar-refractivity contribution is 9.10. The number of carbonyl (C=O) groups is 2. The average Bonchev–Trinajstić information content (AvgIpc) is 2.57. The van der Waals surface area contributed by atoms with Crippen LogP contribution in [0.3, 0.4) is 0 Å². The first-order valence-electron chi connectivity index (χ1n) is 7.67. The zero-order chi connectivity index (χ0) is 18.1. The monoisotopic (exact) mass is 407 g/mol. The molecule has 2 aromatic rings. The molecule has 0 fully saturated rings. The van der Waals surface area contributed by atoms with Crippen molar-refractivity contribution in [2.45, 2.75) is 13.3 Å². The first kappa shape index (κ1) is 18.7. The van der Waals surface area contributed by atoms with E-state index in [0.717, 1.165) is 4.47 Å². The van der Waals surface area contributed by atoms with Crippen molar-refractivity contribution in [3.63, 3.8) is 0 Å². The van der Waals surface area contributed by atoms with Crippen molar-refractivity contribution in [1.29, 1.82) is 0 Å². The van der Waals surface area contributed by atoms with Crippen LogP contribution in [0.15, 0.2) is 47.1 Å². The van der Waals surface area contributed by atoms with Gasteiger partial charge in [0.2, 0.25) is 11.8 Å². The van der Waals surface area contributed by atoms with E-state index in [-0.39, 0.29) is 25.5 Å². The van der Waals surface area contributed by atoms with Gasteiger partial charge in [0.15, 0.2) is 0 Å². The molecule has 2 rings (SSSR count). The van der Waals surface area contributed by atoms with Crippen LogP contribution in [0.4, 0.5) is 10.5 Å². The highest BCUT2D eigenvalue weighted by Crippen LogP contribution is 2.23. The Kier molecular flexibility index (Phi) is 7.21. The van der Waals surface area contributed by atoms with Gasteiger partial charge in [-0.1, -0.05) is 22.0 Å². The van der Waals surface area contributed by atoms with Crippen molar-refractivity contribution in [3.05, 3.63) is 47.1 Å². The van der Waals surface area contributed by atoms with Gasteiger partial charge in [-0.2, -0.15) is 0 Å². The van der Waals surface area contributed by atoms with E-state index < -0.39 is 6.09 Å². The van der Waals surface area contributed by atoms with Crippen molar-refractivity contribution < 1.29 is 19.1 Å². The number of alkyl carbamates (subject to hydrolysis) is 1. The molecule has 0 aliphatic carbocycles. The Bertz CT molecular complexity index is 722. The number of halogens is 1. The number of nitrogens with one attached hydrogen (secondary N) is 2. The van der Waals surface area contributed by atoms with E-state index in [0.29, 0.717) is 17.3 Å². The summed E-state index contributed by atoms with van der Waals surface area (Å²) in [6.45, 7) is 2.20. The Morgan fingerprint density at radius 3 is 2.76 bits per heavy atom. The maximum atomic E-state index is 11.8. The lowest BCUT2D eigenvalue weighted by atomic mass is 10.3. The maximum absolute atomic E-state index is 11.8. The van der Waals surface area contributed by atoms with Crippen LogP contribution in [0.25, 0.3) is 0 Å². The molecule has 7 nitrogen and oxygen atoms in total. The van der Waals surface area contributed by atoms with E-state index in [2.05, 4.69) is 31.5 Å². The molecule has 2 N–H and O–H groups in total. The normalized spacial score (nSPS) is 10.0. The number of hydrogen-bond acceptors (Lipinski definition) is 5. The van der Waals surface area contributed by atoms with Crippen LogP contribution in [0.5, 0.6) is 11.6 Å². The highest BCUT2D eigenvalue weighted by atomic mass is 79.9. The minimum atomic E-state index is -0.536. The predicted molar refractivity (Wildman–Crippen MR) is 96.7 cm³/mol. The van der Waals surface area contributed by atoms with Crippen molar-refractivity contribution >= 4 is 33.6 Å². The van der Waals surface area contributed by atoms with Gasteiger partial charge in [-0.15, -0.1) is 0 Å².